The number of anilines is 5. The van der Waals surface area contributed by atoms with E-state index in [1.807, 2.05) is 26.2 Å². The first-order valence-electron chi connectivity index (χ1n) is 13.1. The van der Waals surface area contributed by atoms with Crippen molar-refractivity contribution in [1.29, 1.82) is 5.41 Å². The Morgan fingerprint density at radius 1 is 1.15 bits per heavy atom. The van der Waals surface area contributed by atoms with Gasteiger partial charge in [0.05, 0.1) is 22.8 Å². The molecule has 0 bridgehead atoms. The van der Waals surface area contributed by atoms with E-state index < -0.39 is 12.5 Å². The van der Waals surface area contributed by atoms with E-state index in [0.29, 0.717) is 42.0 Å². The van der Waals surface area contributed by atoms with Gasteiger partial charge in [-0.05, 0) is 45.1 Å². The minimum Gasteiger partial charge on any atom is -0.433 e. The van der Waals surface area contributed by atoms with Gasteiger partial charge >= 0.3 is 6.61 Å². The van der Waals surface area contributed by atoms with Crippen molar-refractivity contribution in [2.45, 2.75) is 25.5 Å². The Balaban J connectivity index is 1.71. The molecule has 0 saturated carbocycles. The fourth-order valence-corrected chi connectivity index (χ4v) is 4.81. The molecule has 0 atom stereocenters. The predicted octanol–water partition coefficient (Wildman–Crippen LogP) is 5.18. The summed E-state index contributed by atoms with van der Waals surface area (Å²) in [7, 11) is 5.84. The van der Waals surface area contributed by atoms with Crippen molar-refractivity contribution in [3.8, 4) is 17.0 Å². The van der Waals surface area contributed by atoms with E-state index in [2.05, 4.69) is 42.3 Å². The molecule has 1 aliphatic heterocycles. The molecule has 41 heavy (non-hydrogen) atoms. The molecule has 0 radical (unpaired) electrons. The molecule has 0 aliphatic carbocycles. The number of piperidine rings is 1. The van der Waals surface area contributed by atoms with Crippen LogP contribution in [-0.4, -0.2) is 73.9 Å². The number of hydrogen-bond donors (Lipinski definition) is 4. The largest absolute Gasteiger partial charge is 0.433 e. The second-order valence-corrected chi connectivity index (χ2v) is 9.73. The summed E-state index contributed by atoms with van der Waals surface area (Å²) in [6.45, 7) is 1.83. The van der Waals surface area contributed by atoms with Crippen molar-refractivity contribution in [3.63, 3.8) is 0 Å². The zero-order valence-corrected chi connectivity index (χ0v) is 23.2. The predicted molar refractivity (Wildman–Crippen MR) is 159 cm³/mol. The molecule has 1 aromatic heterocycles. The van der Waals surface area contributed by atoms with Gasteiger partial charge in [0.15, 0.2) is 5.75 Å². The zero-order valence-electron chi connectivity index (χ0n) is 23.2. The first-order valence-corrected chi connectivity index (χ1v) is 13.1. The molecule has 1 fully saturated rings. The molecular formula is C29H34F2N8O2. The number of nitrogens with one attached hydrogen (secondary N) is 4. The minimum atomic E-state index is -3.07. The van der Waals surface area contributed by atoms with E-state index in [1.165, 1.54) is 18.6 Å². The van der Waals surface area contributed by atoms with Crippen molar-refractivity contribution >= 4 is 40.7 Å². The summed E-state index contributed by atoms with van der Waals surface area (Å²) in [5.74, 6) is -0.188. The van der Waals surface area contributed by atoms with Gasteiger partial charge in [-0.2, -0.15) is 8.78 Å². The van der Waals surface area contributed by atoms with Gasteiger partial charge in [-0.25, -0.2) is 9.97 Å². The minimum absolute atomic E-state index is 0.0886. The molecule has 10 nitrogen and oxygen atoms in total. The zero-order chi connectivity index (χ0) is 29.5. The maximum atomic E-state index is 13.5. The molecule has 216 valence electrons. The summed E-state index contributed by atoms with van der Waals surface area (Å²) in [5.41, 5.74) is 4.02. The van der Waals surface area contributed by atoms with Crippen LogP contribution in [0.3, 0.4) is 0 Å². The third-order valence-electron chi connectivity index (χ3n) is 7.00. The van der Waals surface area contributed by atoms with Crippen LogP contribution in [0.15, 0.2) is 55.4 Å². The Bertz CT molecular complexity index is 1410. The number of ether oxygens (including phenoxy) is 1. The number of hydrogen-bond acceptors (Lipinski definition) is 9. The Kier molecular flexibility index (Phi) is 9.45. The molecule has 1 aliphatic rings. The average molecular weight is 565 g/mol. The number of aromatic nitrogens is 2. The Morgan fingerprint density at radius 3 is 2.54 bits per heavy atom. The van der Waals surface area contributed by atoms with E-state index in [4.69, 9.17) is 10.1 Å². The highest BCUT2D eigenvalue weighted by molar-refractivity contribution is 6.02. The van der Waals surface area contributed by atoms with Crippen LogP contribution in [0.2, 0.25) is 0 Å². The lowest BCUT2D eigenvalue weighted by Crippen LogP contribution is -2.42. The van der Waals surface area contributed by atoms with Crippen LogP contribution in [0.4, 0.5) is 37.3 Å². The lowest BCUT2D eigenvalue weighted by atomic mass is 10.0. The molecule has 0 unspecified atom stereocenters. The lowest BCUT2D eigenvalue weighted by molar-refractivity contribution is -0.111. The molecule has 2 aromatic carbocycles. The summed E-state index contributed by atoms with van der Waals surface area (Å²) in [6.07, 6.45) is 5.53. The molecule has 2 heterocycles. The van der Waals surface area contributed by atoms with E-state index in [9.17, 15) is 13.6 Å². The van der Waals surface area contributed by atoms with Gasteiger partial charge in [0.2, 0.25) is 5.91 Å². The quantitative estimate of drug-likeness (QED) is 0.186. The van der Waals surface area contributed by atoms with Crippen LogP contribution in [0.1, 0.15) is 18.4 Å². The molecule has 4 N–H and O–H groups in total. The van der Waals surface area contributed by atoms with Gasteiger partial charge in [-0.1, -0.05) is 18.7 Å². The third-order valence-corrected chi connectivity index (χ3v) is 7.00. The molecular weight excluding hydrogens is 530 g/mol. The van der Waals surface area contributed by atoms with Gasteiger partial charge < -0.3 is 35.9 Å². The number of nitrogens with zero attached hydrogens (tertiary/aromatic N) is 4. The average Bonchev–Trinajstić information content (AvgIpc) is 2.97. The number of benzene rings is 2. The maximum absolute atomic E-state index is 13.5. The number of amides is 1. The van der Waals surface area contributed by atoms with Crippen molar-refractivity contribution in [2.24, 2.45) is 0 Å². The highest BCUT2D eigenvalue weighted by Gasteiger charge is 2.25. The summed E-state index contributed by atoms with van der Waals surface area (Å²) < 4.78 is 32.0. The van der Waals surface area contributed by atoms with Crippen LogP contribution < -0.4 is 25.6 Å². The normalized spacial score (nSPS) is 13.7. The van der Waals surface area contributed by atoms with Crippen molar-refractivity contribution < 1.29 is 18.3 Å². The number of rotatable bonds is 11. The molecule has 0 spiro atoms. The lowest BCUT2D eigenvalue weighted by Gasteiger charge is -2.37. The summed E-state index contributed by atoms with van der Waals surface area (Å²) in [4.78, 5) is 25.2. The molecule has 1 saturated heterocycles. The number of carbonyl (C=O) groups is 1. The van der Waals surface area contributed by atoms with Gasteiger partial charge in [0, 0.05) is 61.3 Å². The monoisotopic (exact) mass is 564 g/mol. The summed E-state index contributed by atoms with van der Waals surface area (Å²) in [5, 5.41) is 16.5. The summed E-state index contributed by atoms with van der Waals surface area (Å²) in [6, 6.07) is 10.6. The van der Waals surface area contributed by atoms with Crippen molar-refractivity contribution in [2.75, 3.05) is 55.1 Å². The first kappa shape index (κ1) is 29.4. The van der Waals surface area contributed by atoms with Crippen LogP contribution >= 0.6 is 0 Å². The maximum Gasteiger partial charge on any atom is 0.387 e. The first-order chi connectivity index (χ1) is 19.7. The van der Waals surface area contributed by atoms with Crippen LogP contribution in [0, 0.1) is 5.41 Å². The smallest absolute Gasteiger partial charge is 0.387 e. The van der Waals surface area contributed by atoms with Crippen molar-refractivity contribution in [3.05, 3.63) is 60.9 Å². The van der Waals surface area contributed by atoms with E-state index in [1.54, 1.807) is 25.2 Å². The highest BCUT2D eigenvalue weighted by Crippen LogP contribution is 2.40. The van der Waals surface area contributed by atoms with Crippen molar-refractivity contribution in [1.82, 2.24) is 14.9 Å². The number of halogens is 2. The molecule has 1 amide bonds. The van der Waals surface area contributed by atoms with Crippen LogP contribution in [-0.2, 0) is 4.79 Å². The number of alkyl halides is 2. The SMILES string of the molecule is C=CC(=O)Nc1cc(Nc2cc(-c3ccc(C=N)c(NC)c3)ncn2)c(OC(F)F)cc1N1CCC(N(C)C)CC1. The molecule has 12 heteroatoms. The molecule has 4 rings (SSSR count). The number of carbonyl (C=O) groups excluding carboxylic acids is 1. The molecule has 3 aromatic rings. The van der Waals surface area contributed by atoms with Crippen LogP contribution in [0.5, 0.6) is 5.75 Å². The fraction of sp³-hybridized carbons (Fsp3) is 0.310. The van der Waals surface area contributed by atoms with Gasteiger partial charge in [-0.15, -0.1) is 0 Å². The topological polar surface area (TPSA) is 118 Å². The van der Waals surface area contributed by atoms with E-state index in [-0.39, 0.29) is 11.4 Å². The Morgan fingerprint density at radius 2 is 1.90 bits per heavy atom. The second-order valence-electron chi connectivity index (χ2n) is 9.73. The highest BCUT2D eigenvalue weighted by atomic mass is 19.3. The van der Waals surface area contributed by atoms with Gasteiger partial charge in [-0.3, -0.25) is 4.79 Å². The fourth-order valence-electron chi connectivity index (χ4n) is 4.81. The van der Waals surface area contributed by atoms with Gasteiger partial charge in [0.25, 0.3) is 0 Å². The van der Waals surface area contributed by atoms with E-state index >= 15 is 0 Å². The second kappa shape index (κ2) is 13.2. The third kappa shape index (κ3) is 7.14. The van der Waals surface area contributed by atoms with Crippen LogP contribution in [0.25, 0.3) is 11.3 Å². The summed E-state index contributed by atoms with van der Waals surface area (Å²) >= 11 is 0. The standard InChI is InChI=1S/C29H34F2N8O2/c1-5-28(40)37-23-13-24(26(41-29(30)31)15-25(23)39-10-8-20(9-11-39)38(3)4)36-27-14-22(34-17-35-27)18-6-7-19(16-32)21(12-18)33-2/h5-7,12-17,20,29,32-33H,1,8-11H2,2-4H3,(H,37,40)(H,34,35,36). The Labute approximate surface area is 237 Å². The Hall–Kier alpha value is -4.58. The van der Waals surface area contributed by atoms with Gasteiger partial charge in [0.1, 0.15) is 12.1 Å². The van der Waals surface area contributed by atoms with E-state index in [0.717, 1.165) is 35.7 Å².